The van der Waals surface area contributed by atoms with E-state index in [1.54, 1.807) is 6.07 Å². The lowest BCUT2D eigenvalue weighted by Gasteiger charge is -2.13. The second-order valence-corrected chi connectivity index (χ2v) is 4.85. The van der Waals surface area contributed by atoms with E-state index < -0.39 is 18.0 Å². The highest BCUT2D eigenvalue weighted by atomic mass is 16.5. The van der Waals surface area contributed by atoms with Crippen LogP contribution in [-0.2, 0) is 4.79 Å². The van der Waals surface area contributed by atoms with Crippen LogP contribution in [0.2, 0.25) is 0 Å². The highest BCUT2D eigenvalue weighted by molar-refractivity contribution is 5.99. The van der Waals surface area contributed by atoms with Crippen LogP contribution in [0.3, 0.4) is 0 Å². The zero-order valence-corrected chi connectivity index (χ0v) is 11.6. The molecule has 2 aromatic carbocycles. The van der Waals surface area contributed by atoms with E-state index in [1.807, 2.05) is 42.5 Å². The van der Waals surface area contributed by atoms with Crippen molar-refractivity contribution in [3.8, 4) is 16.9 Å². The smallest absolute Gasteiger partial charge is 0.405 e. The molecule has 0 aliphatic carbocycles. The van der Waals surface area contributed by atoms with Crippen molar-refractivity contribution >= 4 is 17.7 Å². The van der Waals surface area contributed by atoms with Gasteiger partial charge in [-0.1, -0.05) is 42.5 Å². The van der Waals surface area contributed by atoms with Gasteiger partial charge in [0.2, 0.25) is 0 Å². The Balaban J connectivity index is 1.97. The van der Waals surface area contributed by atoms with E-state index >= 15 is 0 Å². The van der Waals surface area contributed by atoms with E-state index in [1.165, 1.54) is 0 Å². The minimum Gasteiger partial charge on any atom is -0.488 e. The summed E-state index contributed by atoms with van der Waals surface area (Å²) in [6.45, 7) is -0.0605. The molecule has 1 aliphatic heterocycles. The van der Waals surface area contributed by atoms with Gasteiger partial charge in [0.1, 0.15) is 12.6 Å². The average Bonchev–Trinajstić information content (AvgIpc) is 2.67. The molecule has 112 valence electrons. The van der Waals surface area contributed by atoms with E-state index in [9.17, 15) is 9.59 Å². The third-order valence-electron chi connectivity index (χ3n) is 3.37. The lowest BCUT2D eigenvalue weighted by atomic mass is 10.0. The van der Waals surface area contributed by atoms with Crippen molar-refractivity contribution in [3.63, 3.8) is 0 Å². The molecule has 2 amide bonds. The van der Waals surface area contributed by atoms with E-state index in [0.29, 0.717) is 11.4 Å². The van der Waals surface area contributed by atoms with Crippen molar-refractivity contribution < 1.29 is 19.4 Å². The molecular formula is C16H14N2O4. The monoisotopic (exact) mass is 298 g/mol. The summed E-state index contributed by atoms with van der Waals surface area (Å²) >= 11 is 0. The summed E-state index contributed by atoms with van der Waals surface area (Å²) in [6.07, 6.45) is -1.27. The van der Waals surface area contributed by atoms with Crippen molar-refractivity contribution in [1.29, 1.82) is 0 Å². The van der Waals surface area contributed by atoms with Gasteiger partial charge in [0.25, 0.3) is 5.91 Å². The molecule has 0 saturated heterocycles. The minimum absolute atomic E-state index is 0.0605. The van der Waals surface area contributed by atoms with Crippen LogP contribution in [0.5, 0.6) is 5.75 Å². The van der Waals surface area contributed by atoms with Gasteiger partial charge in [-0.2, -0.15) is 0 Å². The number of amides is 2. The van der Waals surface area contributed by atoms with Gasteiger partial charge in [0.05, 0.1) is 5.69 Å². The van der Waals surface area contributed by atoms with Crippen molar-refractivity contribution in [2.24, 2.45) is 0 Å². The first kappa shape index (κ1) is 13.9. The number of hydrogen-bond acceptors (Lipinski definition) is 3. The first-order valence-electron chi connectivity index (χ1n) is 6.76. The van der Waals surface area contributed by atoms with E-state index in [-0.39, 0.29) is 6.61 Å². The fourth-order valence-electron chi connectivity index (χ4n) is 2.35. The van der Waals surface area contributed by atoms with Gasteiger partial charge >= 0.3 is 6.09 Å². The standard InChI is InChI=1S/C16H14N2O4/c19-15-13(18-16(20)21)9-22-14-11(7-4-8-12(14)17-15)10-5-2-1-3-6-10/h1-8,13,18H,9H2,(H,17,19)(H,20,21)/t13-/m0/s1. The van der Waals surface area contributed by atoms with Crippen LogP contribution in [0.15, 0.2) is 48.5 Å². The van der Waals surface area contributed by atoms with Crippen LogP contribution in [0.4, 0.5) is 10.5 Å². The number of fused-ring (bicyclic) bond motifs is 1. The summed E-state index contributed by atoms with van der Waals surface area (Å²) in [7, 11) is 0. The summed E-state index contributed by atoms with van der Waals surface area (Å²) in [6, 6.07) is 14.1. The van der Waals surface area contributed by atoms with Gasteiger partial charge in [-0.05, 0) is 11.6 Å². The molecule has 1 aliphatic rings. The molecule has 6 heteroatoms. The molecule has 1 atom stereocenters. The number of rotatable bonds is 2. The predicted molar refractivity (Wildman–Crippen MR) is 81.0 cm³/mol. The second-order valence-electron chi connectivity index (χ2n) is 4.85. The zero-order chi connectivity index (χ0) is 15.5. The van der Waals surface area contributed by atoms with Gasteiger partial charge in [-0.15, -0.1) is 0 Å². The number of hydrogen-bond donors (Lipinski definition) is 3. The Morgan fingerprint density at radius 3 is 2.68 bits per heavy atom. The molecule has 1 heterocycles. The largest absolute Gasteiger partial charge is 0.488 e. The molecule has 0 radical (unpaired) electrons. The Bertz CT molecular complexity index is 715. The van der Waals surface area contributed by atoms with Crippen molar-refractivity contribution in [2.75, 3.05) is 11.9 Å². The van der Waals surface area contributed by atoms with Gasteiger partial charge in [-0.3, -0.25) is 4.79 Å². The highest BCUT2D eigenvalue weighted by Gasteiger charge is 2.27. The van der Waals surface area contributed by atoms with Crippen LogP contribution in [0.1, 0.15) is 0 Å². The molecule has 3 rings (SSSR count). The number of ether oxygens (including phenoxy) is 1. The molecule has 0 unspecified atom stereocenters. The van der Waals surface area contributed by atoms with Crippen LogP contribution in [0, 0.1) is 0 Å². The second kappa shape index (κ2) is 5.77. The summed E-state index contributed by atoms with van der Waals surface area (Å²) in [5.41, 5.74) is 2.33. The summed E-state index contributed by atoms with van der Waals surface area (Å²) < 4.78 is 5.71. The number of para-hydroxylation sites is 1. The Morgan fingerprint density at radius 2 is 1.95 bits per heavy atom. The quantitative estimate of drug-likeness (QED) is 0.794. The molecule has 0 aromatic heterocycles. The van der Waals surface area contributed by atoms with E-state index in [2.05, 4.69) is 10.6 Å². The Kier molecular flexibility index (Phi) is 3.65. The summed E-state index contributed by atoms with van der Waals surface area (Å²) in [5.74, 6) is 0.100. The molecule has 0 spiro atoms. The Hall–Kier alpha value is -3.02. The first-order chi connectivity index (χ1) is 10.6. The summed E-state index contributed by atoms with van der Waals surface area (Å²) in [4.78, 5) is 22.8. The van der Waals surface area contributed by atoms with Crippen molar-refractivity contribution in [1.82, 2.24) is 5.32 Å². The van der Waals surface area contributed by atoms with Crippen molar-refractivity contribution in [2.45, 2.75) is 6.04 Å². The van der Waals surface area contributed by atoms with E-state index in [4.69, 9.17) is 9.84 Å². The number of carbonyl (C=O) groups is 2. The normalized spacial score (nSPS) is 16.7. The number of benzene rings is 2. The Labute approximate surface area is 126 Å². The number of anilines is 1. The molecule has 3 N–H and O–H groups in total. The average molecular weight is 298 g/mol. The lowest BCUT2D eigenvalue weighted by Crippen LogP contribution is -2.45. The topological polar surface area (TPSA) is 87.7 Å². The molecule has 22 heavy (non-hydrogen) atoms. The minimum atomic E-state index is -1.27. The molecule has 0 fully saturated rings. The predicted octanol–water partition coefficient (Wildman–Crippen LogP) is 2.32. The maximum absolute atomic E-state index is 12.0. The maximum Gasteiger partial charge on any atom is 0.405 e. The van der Waals surface area contributed by atoms with Crippen LogP contribution in [0.25, 0.3) is 11.1 Å². The van der Waals surface area contributed by atoms with Crippen LogP contribution < -0.4 is 15.4 Å². The molecule has 2 aromatic rings. The highest BCUT2D eigenvalue weighted by Crippen LogP contribution is 2.37. The fraction of sp³-hybridized carbons (Fsp3) is 0.125. The zero-order valence-electron chi connectivity index (χ0n) is 11.6. The SMILES string of the molecule is O=C(O)N[C@H]1COc2c(cccc2-c2ccccc2)NC1=O. The maximum atomic E-state index is 12.0. The van der Waals surface area contributed by atoms with E-state index in [0.717, 1.165) is 11.1 Å². The number of nitrogens with one attached hydrogen (secondary N) is 2. The first-order valence-corrected chi connectivity index (χ1v) is 6.76. The third kappa shape index (κ3) is 2.71. The number of carbonyl (C=O) groups excluding carboxylic acids is 1. The van der Waals surface area contributed by atoms with Gasteiger partial charge < -0.3 is 20.5 Å². The van der Waals surface area contributed by atoms with Gasteiger partial charge in [-0.25, -0.2) is 4.79 Å². The molecular weight excluding hydrogens is 284 g/mol. The number of carboxylic acid groups (broad SMARTS) is 1. The van der Waals surface area contributed by atoms with Crippen LogP contribution in [-0.4, -0.2) is 29.8 Å². The molecule has 0 bridgehead atoms. The Morgan fingerprint density at radius 1 is 1.18 bits per heavy atom. The molecule has 0 saturated carbocycles. The van der Waals surface area contributed by atoms with Crippen LogP contribution >= 0.6 is 0 Å². The van der Waals surface area contributed by atoms with Gasteiger partial charge in [0.15, 0.2) is 5.75 Å². The lowest BCUT2D eigenvalue weighted by molar-refractivity contribution is -0.118. The third-order valence-corrected chi connectivity index (χ3v) is 3.37. The molecule has 6 nitrogen and oxygen atoms in total. The van der Waals surface area contributed by atoms with Gasteiger partial charge in [0, 0.05) is 5.56 Å². The van der Waals surface area contributed by atoms with Crippen molar-refractivity contribution in [3.05, 3.63) is 48.5 Å². The summed E-state index contributed by atoms with van der Waals surface area (Å²) in [5, 5.41) is 13.6. The fourth-order valence-corrected chi connectivity index (χ4v) is 2.35.